The molecule has 19 heavy (non-hydrogen) atoms. The molecule has 0 saturated heterocycles. The van der Waals surface area contributed by atoms with Crippen molar-refractivity contribution in [1.29, 1.82) is 5.41 Å². The van der Waals surface area contributed by atoms with Crippen molar-refractivity contribution in [2.24, 2.45) is 0 Å². The molecular formula is C14H19ClN2O2. The Morgan fingerprint density at radius 3 is 2.63 bits per heavy atom. The molecule has 0 aliphatic carbocycles. The van der Waals surface area contributed by atoms with Crippen molar-refractivity contribution in [3.63, 3.8) is 0 Å². The average molecular weight is 283 g/mol. The molecule has 104 valence electrons. The van der Waals surface area contributed by atoms with Crippen LogP contribution in [-0.4, -0.2) is 25.5 Å². The number of nitrogens with zero attached hydrogens (tertiary/aromatic N) is 1. The number of benzene rings is 1. The van der Waals surface area contributed by atoms with E-state index < -0.39 is 0 Å². The lowest BCUT2D eigenvalue weighted by Gasteiger charge is -2.23. The van der Waals surface area contributed by atoms with Crippen molar-refractivity contribution in [2.75, 3.05) is 18.6 Å². The molecular weight excluding hydrogens is 264 g/mol. The summed E-state index contributed by atoms with van der Waals surface area (Å²) in [6.07, 6.45) is 0.295. The maximum atomic E-state index is 11.2. The third-order valence-electron chi connectivity index (χ3n) is 3.50. The van der Waals surface area contributed by atoms with Gasteiger partial charge in [0, 0.05) is 17.6 Å². The van der Waals surface area contributed by atoms with Gasteiger partial charge < -0.3 is 9.64 Å². The van der Waals surface area contributed by atoms with E-state index in [1.54, 1.807) is 0 Å². The molecule has 1 aliphatic rings. The van der Waals surface area contributed by atoms with Crippen LogP contribution in [0.1, 0.15) is 25.8 Å². The number of para-hydroxylation sites is 1. The zero-order valence-corrected chi connectivity index (χ0v) is 12.2. The molecule has 0 fully saturated rings. The molecule has 0 spiro atoms. The summed E-state index contributed by atoms with van der Waals surface area (Å²) >= 11 is 0. The van der Waals surface area contributed by atoms with Gasteiger partial charge >= 0.3 is 5.97 Å². The predicted molar refractivity (Wildman–Crippen MR) is 78.4 cm³/mol. The maximum absolute atomic E-state index is 11.2. The van der Waals surface area contributed by atoms with Crippen LogP contribution in [0.25, 0.3) is 0 Å². The van der Waals surface area contributed by atoms with E-state index in [-0.39, 0.29) is 23.8 Å². The number of nitrogens with one attached hydrogen (secondary N) is 1. The number of anilines is 1. The molecule has 4 nitrogen and oxygen atoms in total. The third kappa shape index (κ3) is 2.59. The summed E-state index contributed by atoms with van der Waals surface area (Å²) in [5, 5.41) is 8.27. The van der Waals surface area contributed by atoms with Crippen molar-refractivity contribution in [3.05, 3.63) is 29.8 Å². The van der Waals surface area contributed by atoms with E-state index in [0.29, 0.717) is 18.8 Å². The van der Waals surface area contributed by atoms with Gasteiger partial charge in [-0.1, -0.05) is 18.2 Å². The Morgan fingerprint density at radius 2 is 2.00 bits per heavy atom. The maximum Gasteiger partial charge on any atom is 0.307 e. The standard InChI is InChI=1S/C14H18N2O2.ClH/c1-14(2)10-6-4-5-7-11(10)16(13(14)15)9-8-12(17)18-3;/h4-7,15H,8-9H2,1-3H3;1H. The molecule has 1 heterocycles. The zero-order chi connectivity index (χ0) is 13.3. The minimum atomic E-state index is -0.299. The van der Waals surface area contributed by atoms with E-state index in [9.17, 15) is 4.79 Å². The Bertz CT molecular complexity index is 500. The molecule has 5 heteroatoms. The second kappa shape index (κ2) is 5.61. The van der Waals surface area contributed by atoms with Crippen molar-refractivity contribution in [1.82, 2.24) is 0 Å². The number of hydrogen-bond donors (Lipinski definition) is 1. The summed E-state index contributed by atoms with van der Waals surface area (Å²) in [6, 6.07) is 7.98. The van der Waals surface area contributed by atoms with Gasteiger partial charge in [-0.3, -0.25) is 10.2 Å². The molecule has 0 atom stereocenters. The Labute approximate surface area is 119 Å². The molecule has 1 N–H and O–H groups in total. The second-order valence-corrected chi connectivity index (χ2v) is 4.97. The van der Waals surface area contributed by atoms with Crippen molar-refractivity contribution in [3.8, 4) is 0 Å². The number of amidine groups is 1. The number of esters is 1. The minimum Gasteiger partial charge on any atom is -0.469 e. The molecule has 1 aromatic rings. The van der Waals surface area contributed by atoms with Gasteiger partial charge in [0.15, 0.2) is 0 Å². The van der Waals surface area contributed by atoms with Gasteiger partial charge in [-0.25, -0.2) is 0 Å². The first kappa shape index (κ1) is 15.5. The SMILES string of the molecule is COC(=O)CCN1C(=N)C(C)(C)c2ccccc21.Cl. The Balaban J connectivity index is 0.00000180. The predicted octanol–water partition coefficient (Wildman–Crippen LogP) is 2.75. The Hall–Kier alpha value is -1.55. The number of carbonyl (C=O) groups excluding carboxylic acids is 1. The second-order valence-electron chi connectivity index (χ2n) is 4.97. The number of rotatable bonds is 3. The molecule has 0 radical (unpaired) electrons. The van der Waals surface area contributed by atoms with E-state index in [1.807, 2.05) is 43.0 Å². The quantitative estimate of drug-likeness (QED) is 0.868. The largest absolute Gasteiger partial charge is 0.469 e. The van der Waals surface area contributed by atoms with Gasteiger partial charge in [-0.05, 0) is 25.5 Å². The highest BCUT2D eigenvalue weighted by atomic mass is 35.5. The fourth-order valence-electron chi connectivity index (χ4n) is 2.36. The Kier molecular flexibility index (Phi) is 4.58. The van der Waals surface area contributed by atoms with E-state index >= 15 is 0 Å². The highest BCUT2D eigenvalue weighted by Gasteiger charge is 2.40. The van der Waals surface area contributed by atoms with Crippen molar-refractivity contribution < 1.29 is 9.53 Å². The topological polar surface area (TPSA) is 53.4 Å². The molecule has 0 saturated carbocycles. The minimum absolute atomic E-state index is 0. The molecule has 0 unspecified atom stereocenters. The van der Waals surface area contributed by atoms with Crippen molar-refractivity contribution in [2.45, 2.75) is 25.7 Å². The van der Waals surface area contributed by atoms with Crippen LogP contribution >= 0.6 is 12.4 Å². The lowest BCUT2D eigenvalue weighted by molar-refractivity contribution is -0.140. The summed E-state index contributed by atoms with van der Waals surface area (Å²) in [5.41, 5.74) is 1.86. The molecule has 0 aromatic heterocycles. The molecule has 1 aromatic carbocycles. The monoisotopic (exact) mass is 282 g/mol. The highest BCUT2D eigenvalue weighted by Crippen LogP contribution is 2.41. The van der Waals surface area contributed by atoms with Crippen LogP contribution in [-0.2, 0) is 14.9 Å². The summed E-state index contributed by atoms with van der Waals surface area (Å²) in [4.78, 5) is 13.1. The first-order valence-corrected chi connectivity index (χ1v) is 6.01. The smallest absolute Gasteiger partial charge is 0.307 e. The Morgan fingerprint density at radius 1 is 1.37 bits per heavy atom. The highest BCUT2D eigenvalue weighted by molar-refractivity contribution is 6.09. The summed E-state index contributed by atoms with van der Waals surface area (Å²) in [6.45, 7) is 4.56. The van der Waals surface area contributed by atoms with Gasteiger partial charge in [0.05, 0.1) is 13.5 Å². The van der Waals surface area contributed by atoms with Crippen LogP contribution in [0.4, 0.5) is 5.69 Å². The van der Waals surface area contributed by atoms with Crippen LogP contribution in [0.2, 0.25) is 0 Å². The normalized spacial score (nSPS) is 15.7. The summed E-state index contributed by atoms with van der Waals surface area (Å²) in [7, 11) is 1.38. The lowest BCUT2D eigenvalue weighted by Crippen LogP contribution is -2.36. The first-order valence-electron chi connectivity index (χ1n) is 6.01. The third-order valence-corrected chi connectivity index (χ3v) is 3.50. The fourth-order valence-corrected chi connectivity index (χ4v) is 2.36. The van der Waals surface area contributed by atoms with Gasteiger partial charge in [0.2, 0.25) is 0 Å². The van der Waals surface area contributed by atoms with Gasteiger partial charge in [-0.15, -0.1) is 12.4 Å². The number of halogens is 1. The van der Waals surface area contributed by atoms with E-state index in [0.717, 1.165) is 11.3 Å². The van der Waals surface area contributed by atoms with E-state index in [4.69, 9.17) is 5.41 Å². The van der Waals surface area contributed by atoms with Gasteiger partial charge in [-0.2, -0.15) is 0 Å². The molecule has 0 amide bonds. The number of ether oxygens (including phenoxy) is 1. The van der Waals surface area contributed by atoms with Crippen LogP contribution < -0.4 is 4.90 Å². The summed E-state index contributed by atoms with van der Waals surface area (Å²) < 4.78 is 4.65. The van der Waals surface area contributed by atoms with Crippen LogP contribution in [0.15, 0.2) is 24.3 Å². The van der Waals surface area contributed by atoms with Gasteiger partial charge in [0.1, 0.15) is 5.84 Å². The average Bonchev–Trinajstić information content (AvgIpc) is 2.56. The van der Waals surface area contributed by atoms with Crippen LogP contribution in [0.3, 0.4) is 0 Å². The number of fused-ring (bicyclic) bond motifs is 1. The first-order chi connectivity index (χ1) is 8.48. The molecule has 2 rings (SSSR count). The van der Waals surface area contributed by atoms with Crippen LogP contribution in [0.5, 0.6) is 0 Å². The molecule has 1 aliphatic heterocycles. The fraction of sp³-hybridized carbons (Fsp3) is 0.429. The molecule has 0 bridgehead atoms. The summed E-state index contributed by atoms with van der Waals surface area (Å²) in [5.74, 6) is 0.289. The van der Waals surface area contributed by atoms with Gasteiger partial charge in [0.25, 0.3) is 0 Å². The number of methoxy groups -OCH3 is 1. The van der Waals surface area contributed by atoms with Crippen LogP contribution in [0, 0.1) is 5.41 Å². The number of carbonyl (C=O) groups is 1. The zero-order valence-electron chi connectivity index (χ0n) is 11.4. The van der Waals surface area contributed by atoms with E-state index in [2.05, 4.69) is 4.74 Å². The lowest BCUT2D eigenvalue weighted by atomic mass is 9.86. The van der Waals surface area contributed by atoms with Crippen molar-refractivity contribution >= 4 is 29.9 Å². The number of hydrogen-bond acceptors (Lipinski definition) is 3. The van der Waals surface area contributed by atoms with E-state index in [1.165, 1.54) is 7.11 Å².